The van der Waals surface area contributed by atoms with Crippen LogP contribution >= 0.6 is 11.8 Å². The molecule has 0 aliphatic carbocycles. The Morgan fingerprint density at radius 2 is 1.92 bits per heavy atom. The quantitative estimate of drug-likeness (QED) is 0.360. The highest BCUT2D eigenvalue weighted by atomic mass is 32.2. The van der Waals surface area contributed by atoms with Crippen LogP contribution in [-0.2, 0) is 9.53 Å². The number of hydrogen-bond acceptors (Lipinski definition) is 3. The molecule has 2 saturated heterocycles. The van der Waals surface area contributed by atoms with E-state index in [0.717, 1.165) is 54.8 Å². The Hall–Kier alpha value is -0.480. The summed E-state index contributed by atoms with van der Waals surface area (Å²) in [6, 6.07) is 0. The first-order chi connectivity index (χ1) is 11.7. The lowest BCUT2D eigenvalue weighted by molar-refractivity contribution is -0.137. The van der Waals surface area contributed by atoms with Crippen LogP contribution in [0.2, 0.25) is 0 Å². The molecule has 1 N–H and O–H groups in total. The van der Waals surface area contributed by atoms with Crippen molar-refractivity contribution < 1.29 is 14.6 Å². The smallest absolute Gasteiger partial charge is 0.303 e. The fourth-order valence-corrected chi connectivity index (χ4v) is 6.01. The van der Waals surface area contributed by atoms with Crippen LogP contribution in [0.25, 0.3) is 0 Å². The standard InChI is InChI=1S/C20H34O3S/c1-2-3-4-9-14-23-15-17-16(18-12-13-19(17)24-18)10-7-5-6-8-11-20(21)22/h5,7,16-19H,2-4,6,8-15H2,1H3,(H,21,22)/t16-,17+,18-,19+/m0/s1. The molecule has 0 aromatic rings. The molecule has 0 aromatic carbocycles. The van der Waals surface area contributed by atoms with Crippen molar-refractivity contribution in [3.05, 3.63) is 12.2 Å². The molecule has 4 atom stereocenters. The van der Waals surface area contributed by atoms with E-state index in [4.69, 9.17) is 9.84 Å². The summed E-state index contributed by atoms with van der Waals surface area (Å²) in [5, 5.41) is 10.3. The van der Waals surface area contributed by atoms with E-state index in [-0.39, 0.29) is 6.42 Å². The molecule has 4 heteroatoms. The van der Waals surface area contributed by atoms with Gasteiger partial charge in [-0.1, -0.05) is 38.3 Å². The van der Waals surface area contributed by atoms with Gasteiger partial charge in [0.25, 0.3) is 0 Å². The van der Waals surface area contributed by atoms with Crippen LogP contribution in [0, 0.1) is 11.8 Å². The van der Waals surface area contributed by atoms with Gasteiger partial charge in [-0.15, -0.1) is 0 Å². The molecule has 24 heavy (non-hydrogen) atoms. The first-order valence-corrected chi connectivity index (χ1v) is 10.8. The third-order valence-corrected chi connectivity index (χ3v) is 7.25. The predicted octanol–water partition coefficient (Wildman–Crippen LogP) is 5.29. The number of unbranched alkanes of at least 4 members (excludes halogenated alkanes) is 4. The predicted molar refractivity (Wildman–Crippen MR) is 102 cm³/mol. The monoisotopic (exact) mass is 354 g/mol. The van der Waals surface area contributed by atoms with Crippen LogP contribution in [-0.4, -0.2) is 34.8 Å². The van der Waals surface area contributed by atoms with E-state index in [2.05, 4.69) is 30.8 Å². The zero-order valence-corrected chi connectivity index (χ0v) is 15.9. The molecule has 2 aliphatic rings. The van der Waals surface area contributed by atoms with Gasteiger partial charge in [0.05, 0.1) is 6.61 Å². The van der Waals surface area contributed by atoms with Gasteiger partial charge < -0.3 is 9.84 Å². The van der Waals surface area contributed by atoms with E-state index in [0.29, 0.717) is 0 Å². The number of ether oxygens (including phenoxy) is 1. The fourth-order valence-electron chi connectivity index (χ4n) is 4.02. The average Bonchev–Trinajstić information content (AvgIpc) is 3.15. The Morgan fingerprint density at radius 3 is 2.67 bits per heavy atom. The van der Waals surface area contributed by atoms with Gasteiger partial charge in [-0.2, -0.15) is 11.8 Å². The van der Waals surface area contributed by atoms with Crippen molar-refractivity contribution >= 4 is 17.7 Å². The topological polar surface area (TPSA) is 46.5 Å². The number of thioether (sulfide) groups is 1. The third-order valence-electron chi connectivity index (χ3n) is 5.38. The first-order valence-electron chi connectivity index (χ1n) is 9.82. The molecule has 0 unspecified atom stereocenters. The van der Waals surface area contributed by atoms with E-state index in [1.807, 2.05) is 0 Å². The van der Waals surface area contributed by atoms with Crippen LogP contribution in [0.5, 0.6) is 0 Å². The van der Waals surface area contributed by atoms with Gasteiger partial charge in [-0.3, -0.25) is 4.79 Å². The van der Waals surface area contributed by atoms with E-state index < -0.39 is 5.97 Å². The summed E-state index contributed by atoms with van der Waals surface area (Å²) in [5.41, 5.74) is 0. The lowest BCUT2D eigenvalue weighted by Crippen LogP contribution is -2.30. The second-order valence-corrected chi connectivity index (χ2v) is 8.73. The molecule has 0 saturated carbocycles. The van der Waals surface area contributed by atoms with Crippen molar-refractivity contribution in [2.75, 3.05) is 13.2 Å². The maximum Gasteiger partial charge on any atom is 0.303 e. The second kappa shape index (κ2) is 11.2. The minimum Gasteiger partial charge on any atom is -0.481 e. The van der Waals surface area contributed by atoms with Gasteiger partial charge in [0.2, 0.25) is 0 Å². The van der Waals surface area contributed by atoms with Gasteiger partial charge >= 0.3 is 5.97 Å². The Kier molecular flexibility index (Phi) is 9.26. The van der Waals surface area contributed by atoms with Crippen LogP contribution in [0.3, 0.4) is 0 Å². The number of fused-ring (bicyclic) bond motifs is 2. The van der Waals surface area contributed by atoms with Gasteiger partial charge in [0, 0.05) is 23.5 Å². The summed E-state index contributed by atoms with van der Waals surface area (Å²) in [4.78, 5) is 10.5. The van der Waals surface area contributed by atoms with Gasteiger partial charge in [0.1, 0.15) is 0 Å². The lowest BCUT2D eigenvalue weighted by atomic mass is 9.78. The lowest BCUT2D eigenvalue weighted by Gasteiger charge is -2.29. The molecule has 0 amide bonds. The van der Waals surface area contributed by atoms with E-state index in [9.17, 15) is 4.79 Å². The first kappa shape index (κ1) is 19.8. The number of carbonyl (C=O) groups is 1. The minimum absolute atomic E-state index is 0.281. The van der Waals surface area contributed by atoms with E-state index in [1.165, 1.54) is 38.5 Å². The molecule has 0 radical (unpaired) electrons. The molecule has 138 valence electrons. The van der Waals surface area contributed by atoms with E-state index in [1.54, 1.807) is 0 Å². The maximum absolute atomic E-state index is 10.5. The van der Waals surface area contributed by atoms with Crippen LogP contribution in [0.4, 0.5) is 0 Å². The number of carboxylic acid groups (broad SMARTS) is 1. The van der Waals surface area contributed by atoms with Crippen molar-refractivity contribution in [3.63, 3.8) is 0 Å². The molecule has 2 aliphatic heterocycles. The minimum atomic E-state index is -0.691. The summed E-state index contributed by atoms with van der Waals surface area (Å²) in [5.74, 6) is 0.799. The third kappa shape index (κ3) is 6.44. The number of rotatable bonds is 13. The molecule has 0 aromatic heterocycles. The average molecular weight is 355 g/mol. The van der Waals surface area contributed by atoms with Gasteiger partial charge in [0.15, 0.2) is 0 Å². The molecular formula is C20H34O3S. The fraction of sp³-hybridized carbons (Fsp3) is 0.850. The van der Waals surface area contributed by atoms with Gasteiger partial charge in [-0.25, -0.2) is 0 Å². The summed E-state index contributed by atoms with van der Waals surface area (Å²) < 4.78 is 6.02. The molecule has 2 fully saturated rings. The molecule has 0 spiro atoms. The summed E-state index contributed by atoms with van der Waals surface area (Å²) >= 11 is 2.20. The molecular weight excluding hydrogens is 320 g/mol. The zero-order valence-electron chi connectivity index (χ0n) is 15.1. The number of allylic oxidation sites excluding steroid dienone is 2. The van der Waals surface area contributed by atoms with Crippen LogP contribution in [0.1, 0.15) is 71.1 Å². The Bertz CT molecular complexity index is 396. The largest absolute Gasteiger partial charge is 0.481 e. The molecule has 2 heterocycles. The van der Waals surface area contributed by atoms with Crippen molar-refractivity contribution in [3.8, 4) is 0 Å². The maximum atomic E-state index is 10.5. The molecule has 2 rings (SSSR count). The van der Waals surface area contributed by atoms with Crippen LogP contribution in [0.15, 0.2) is 12.2 Å². The molecule has 2 bridgehead atoms. The highest BCUT2D eigenvalue weighted by Gasteiger charge is 2.47. The normalized spacial score (nSPS) is 28.9. The Balaban J connectivity index is 1.65. The highest BCUT2D eigenvalue weighted by Crippen LogP contribution is 2.54. The summed E-state index contributed by atoms with van der Waals surface area (Å²) in [6.07, 6.45) is 15.4. The molecule has 3 nitrogen and oxygen atoms in total. The van der Waals surface area contributed by atoms with Crippen molar-refractivity contribution in [2.45, 2.75) is 81.6 Å². The summed E-state index contributed by atoms with van der Waals surface area (Å²) in [7, 11) is 0. The number of aliphatic carboxylic acids is 1. The van der Waals surface area contributed by atoms with Crippen LogP contribution < -0.4 is 0 Å². The summed E-state index contributed by atoms with van der Waals surface area (Å²) in [6.45, 7) is 4.11. The number of hydrogen-bond donors (Lipinski definition) is 1. The SMILES string of the molecule is CCCCCCOC[C@@H]1[C@H](CC=CCCCC(=O)O)[C@@H]2CC[C@H]1S2. The van der Waals surface area contributed by atoms with Gasteiger partial charge in [-0.05, 0) is 50.4 Å². The van der Waals surface area contributed by atoms with Crippen molar-refractivity contribution in [2.24, 2.45) is 11.8 Å². The van der Waals surface area contributed by atoms with E-state index >= 15 is 0 Å². The number of carboxylic acids is 1. The Labute approximate surface area is 151 Å². The van der Waals surface area contributed by atoms with Crippen molar-refractivity contribution in [1.82, 2.24) is 0 Å². The van der Waals surface area contributed by atoms with Crippen molar-refractivity contribution in [1.29, 1.82) is 0 Å². The Morgan fingerprint density at radius 1 is 1.12 bits per heavy atom. The highest BCUT2D eigenvalue weighted by molar-refractivity contribution is 8.01. The zero-order chi connectivity index (χ0) is 17.2. The second-order valence-electron chi connectivity index (χ2n) is 7.25.